The van der Waals surface area contributed by atoms with Crippen LogP contribution in [0, 0.1) is 0 Å². The molecule has 0 saturated carbocycles. The Labute approximate surface area is 109 Å². The van der Waals surface area contributed by atoms with Crippen molar-refractivity contribution < 1.29 is 9.84 Å². The summed E-state index contributed by atoms with van der Waals surface area (Å²) >= 11 is 0. The van der Waals surface area contributed by atoms with Crippen LogP contribution in [0.1, 0.15) is 11.7 Å². The molecule has 1 aliphatic rings. The Bertz CT molecular complexity index is 345. The Kier molecular flexibility index (Phi) is 5.13. The zero-order valence-corrected chi connectivity index (χ0v) is 10.9. The predicted octanol–water partition coefficient (Wildman–Crippen LogP) is 0.640. The van der Waals surface area contributed by atoms with E-state index in [-0.39, 0.29) is 6.10 Å². The standard InChI is InChI=1S/C14H22N2O2/c1-16-7-8-18-13(11-16)9-15-10-14(17)12-5-3-2-4-6-12/h2-6,13-15,17H,7-11H2,1H3/t13-,14-/m0/s1. The van der Waals surface area contributed by atoms with Gasteiger partial charge in [0.25, 0.3) is 0 Å². The monoisotopic (exact) mass is 250 g/mol. The average Bonchev–Trinajstić information content (AvgIpc) is 2.40. The third-order valence-electron chi connectivity index (χ3n) is 3.24. The molecule has 0 aliphatic carbocycles. The third-order valence-corrected chi connectivity index (χ3v) is 3.24. The van der Waals surface area contributed by atoms with Crippen molar-refractivity contribution in [2.24, 2.45) is 0 Å². The van der Waals surface area contributed by atoms with E-state index in [1.54, 1.807) is 0 Å². The van der Waals surface area contributed by atoms with Crippen LogP contribution in [0.25, 0.3) is 0 Å². The van der Waals surface area contributed by atoms with E-state index in [2.05, 4.69) is 17.3 Å². The zero-order chi connectivity index (χ0) is 12.8. The maximum atomic E-state index is 9.99. The Balaban J connectivity index is 1.69. The molecule has 0 bridgehead atoms. The number of rotatable bonds is 5. The smallest absolute Gasteiger partial charge is 0.0914 e. The molecular formula is C14H22N2O2. The van der Waals surface area contributed by atoms with Gasteiger partial charge < -0.3 is 20.1 Å². The van der Waals surface area contributed by atoms with Gasteiger partial charge in [0, 0.05) is 26.2 Å². The number of nitrogens with one attached hydrogen (secondary N) is 1. The van der Waals surface area contributed by atoms with Crippen LogP contribution < -0.4 is 5.32 Å². The fourth-order valence-corrected chi connectivity index (χ4v) is 2.16. The van der Waals surface area contributed by atoms with E-state index in [0.29, 0.717) is 6.54 Å². The van der Waals surface area contributed by atoms with Gasteiger partial charge in [-0.05, 0) is 12.6 Å². The fourth-order valence-electron chi connectivity index (χ4n) is 2.16. The van der Waals surface area contributed by atoms with Crippen LogP contribution in [-0.4, -0.2) is 55.9 Å². The van der Waals surface area contributed by atoms with Crippen LogP contribution >= 0.6 is 0 Å². The molecule has 0 aromatic heterocycles. The molecule has 4 nitrogen and oxygen atoms in total. The normalized spacial score (nSPS) is 22.9. The molecule has 1 saturated heterocycles. The summed E-state index contributed by atoms with van der Waals surface area (Å²) in [5.41, 5.74) is 0.951. The minimum atomic E-state index is -0.451. The van der Waals surface area contributed by atoms with Crippen LogP contribution in [0.15, 0.2) is 30.3 Å². The summed E-state index contributed by atoms with van der Waals surface area (Å²) in [4.78, 5) is 2.27. The summed E-state index contributed by atoms with van der Waals surface area (Å²) in [5.74, 6) is 0. The maximum Gasteiger partial charge on any atom is 0.0914 e. The van der Waals surface area contributed by atoms with Gasteiger partial charge in [0.2, 0.25) is 0 Å². The highest BCUT2D eigenvalue weighted by atomic mass is 16.5. The molecule has 4 heteroatoms. The number of hydrogen-bond acceptors (Lipinski definition) is 4. The van der Waals surface area contributed by atoms with Crippen LogP contribution in [0.4, 0.5) is 0 Å². The van der Waals surface area contributed by atoms with Gasteiger partial charge in [-0.2, -0.15) is 0 Å². The van der Waals surface area contributed by atoms with E-state index in [0.717, 1.165) is 31.8 Å². The molecule has 1 aromatic rings. The van der Waals surface area contributed by atoms with Crippen LogP contribution in [0.3, 0.4) is 0 Å². The lowest BCUT2D eigenvalue weighted by atomic mass is 10.1. The molecule has 1 aromatic carbocycles. The molecule has 0 unspecified atom stereocenters. The topological polar surface area (TPSA) is 44.7 Å². The number of morpholine rings is 1. The zero-order valence-electron chi connectivity index (χ0n) is 10.9. The SMILES string of the molecule is CN1CCO[C@@H](CNC[C@H](O)c2ccccc2)C1. The maximum absolute atomic E-state index is 9.99. The Morgan fingerprint density at radius 3 is 2.94 bits per heavy atom. The quantitative estimate of drug-likeness (QED) is 0.805. The molecule has 0 spiro atoms. The minimum Gasteiger partial charge on any atom is -0.387 e. The van der Waals surface area contributed by atoms with Gasteiger partial charge in [-0.3, -0.25) is 0 Å². The van der Waals surface area contributed by atoms with E-state index in [1.165, 1.54) is 0 Å². The lowest BCUT2D eigenvalue weighted by molar-refractivity contribution is -0.0191. The lowest BCUT2D eigenvalue weighted by Gasteiger charge is -2.30. The number of nitrogens with zero attached hydrogens (tertiary/aromatic N) is 1. The van der Waals surface area contributed by atoms with Crippen molar-refractivity contribution in [3.8, 4) is 0 Å². The Morgan fingerprint density at radius 2 is 2.22 bits per heavy atom. The van der Waals surface area contributed by atoms with Crippen molar-refractivity contribution >= 4 is 0 Å². The van der Waals surface area contributed by atoms with Crippen LogP contribution in [0.2, 0.25) is 0 Å². The number of likely N-dealkylation sites (N-methyl/N-ethyl adjacent to an activating group) is 1. The first-order chi connectivity index (χ1) is 8.75. The van der Waals surface area contributed by atoms with Crippen molar-refractivity contribution in [2.45, 2.75) is 12.2 Å². The first-order valence-corrected chi connectivity index (χ1v) is 6.49. The van der Waals surface area contributed by atoms with Crippen molar-refractivity contribution in [2.75, 3.05) is 39.8 Å². The van der Waals surface area contributed by atoms with Crippen molar-refractivity contribution in [3.05, 3.63) is 35.9 Å². The number of benzene rings is 1. The molecular weight excluding hydrogens is 228 g/mol. The summed E-state index contributed by atoms with van der Waals surface area (Å²) in [5, 5.41) is 13.3. The fraction of sp³-hybridized carbons (Fsp3) is 0.571. The minimum absolute atomic E-state index is 0.228. The van der Waals surface area contributed by atoms with Gasteiger partial charge in [-0.1, -0.05) is 30.3 Å². The highest BCUT2D eigenvalue weighted by Gasteiger charge is 2.17. The van der Waals surface area contributed by atoms with E-state index in [4.69, 9.17) is 4.74 Å². The highest BCUT2D eigenvalue weighted by molar-refractivity contribution is 5.17. The molecule has 1 fully saturated rings. The summed E-state index contributed by atoms with van der Waals surface area (Å²) in [6.45, 7) is 4.10. The molecule has 2 N–H and O–H groups in total. The highest BCUT2D eigenvalue weighted by Crippen LogP contribution is 2.10. The van der Waals surface area contributed by atoms with Crippen molar-refractivity contribution in [1.82, 2.24) is 10.2 Å². The molecule has 0 radical (unpaired) electrons. The number of aliphatic hydroxyl groups excluding tert-OH is 1. The molecule has 18 heavy (non-hydrogen) atoms. The lowest BCUT2D eigenvalue weighted by Crippen LogP contribution is -2.45. The number of ether oxygens (including phenoxy) is 1. The summed E-state index contributed by atoms with van der Waals surface area (Å²) < 4.78 is 5.65. The molecule has 1 aliphatic heterocycles. The molecule has 2 rings (SSSR count). The summed E-state index contributed by atoms with van der Waals surface area (Å²) in [6, 6.07) is 9.72. The van der Waals surface area contributed by atoms with E-state index in [1.807, 2.05) is 30.3 Å². The first-order valence-electron chi connectivity index (χ1n) is 6.49. The van der Waals surface area contributed by atoms with Gasteiger partial charge in [0.1, 0.15) is 0 Å². The van der Waals surface area contributed by atoms with Gasteiger partial charge in [-0.15, -0.1) is 0 Å². The first kappa shape index (κ1) is 13.5. The van der Waals surface area contributed by atoms with Gasteiger partial charge in [-0.25, -0.2) is 0 Å². The van der Waals surface area contributed by atoms with Gasteiger partial charge >= 0.3 is 0 Å². The Morgan fingerprint density at radius 1 is 1.44 bits per heavy atom. The second-order valence-electron chi connectivity index (χ2n) is 4.84. The summed E-state index contributed by atoms with van der Waals surface area (Å²) in [6.07, 6.45) is -0.223. The number of aliphatic hydroxyl groups is 1. The predicted molar refractivity (Wildman–Crippen MR) is 71.5 cm³/mol. The third kappa shape index (κ3) is 4.07. The second-order valence-corrected chi connectivity index (χ2v) is 4.84. The largest absolute Gasteiger partial charge is 0.387 e. The van der Waals surface area contributed by atoms with E-state index in [9.17, 15) is 5.11 Å². The van der Waals surface area contributed by atoms with Gasteiger partial charge in [0.05, 0.1) is 18.8 Å². The Hall–Kier alpha value is -0.940. The molecule has 100 valence electrons. The van der Waals surface area contributed by atoms with E-state index < -0.39 is 6.10 Å². The van der Waals surface area contributed by atoms with E-state index >= 15 is 0 Å². The van der Waals surface area contributed by atoms with Gasteiger partial charge in [0.15, 0.2) is 0 Å². The molecule has 2 atom stereocenters. The van der Waals surface area contributed by atoms with Crippen molar-refractivity contribution in [3.63, 3.8) is 0 Å². The van der Waals surface area contributed by atoms with Crippen molar-refractivity contribution in [1.29, 1.82) is 0 Å². The molecule has 1 heterocycles. The number of hydrogen-bond donors (Lipinski definition) is 2. The second kappa shape index (κ2) is 6.85. The molecule has 0 amide bonds. The van der Waals surface area contributed by atoms with Crippen LogP contribution in [-0.2, 0) is 4.74 Å². The average molecular weight is 250 g/mol. The van der Waals surface area contributed by atoms with Crippen LogP contribution in [0.5, 0.6) is 0 Å². The summed E-state index contributed by atoms with van der Waals surface area (Å²) in [7, 11) is 2.11.